The van der Waals surface area contributed by atoms with Crippen LogP contribution in [0.3, 0.4) is 0 Å². The largest absolute Gasteiger partial charge is 0.387 e. The maximum Gasteiger partial charge on any atom is 0.248 e. The van der Waals surface area contributed by atoms with Gasteiger partial charge in [0.2, 0.25) is 5.91 Å². The molecule has 0 bridgehead atoms. The molecule has 1 heterocycles. The summed E-state index contributed by atoms with van der Waals surface area (Å²) in [6.07, 6.45) is 0.950. The second-order valence-corrected chi connectivity index (χ2v) is 3.95. The van der Waals surface area contributed by atoms with Gasteiger partial charge in [-0.05, 0) is 0 Å². The van der Waals surface area contributed by atoms with Crippen LogP contribution in [-0.4, -0.2) is 66.4 Å². The van der Waals surface area contributed by atoms with Crippen LogP contribution in [0.4, 0.5) is 0 Å². The quantitative estimate of drug-likeness (QED) is 0.607. The highest BCUT2D eigenvalue weighted by molar-refractivity contribution is 5.77. The van der Waals surface area contributed by atoms with Crippen molar-refractivity contribution in [3.05, 3.63) is 0 Å². The molecule has 1 fully saturated rings. The molecule has 1 saturated heterocycles. The number of rotatable bonds is 4. The Bertz CT molecular complexity index is 225. The third-order valence-corrected chi connectivity index (χ3v) is 2.64. The summed E-state index contributed by atoms with van der Waals surface area (Å²) in [5.41, 5.74) is 0. The van der Waals surface area contributed by atoms with Crippen LogP contribution < -0.4 is 0 Å². The van der Waals surface area contributed by atoms with E-state index < -0.39 is 6.61 Å². The van der Waals surface area contributed by atoms with E-state index in [4.69, 9.17) is 5.11 Å². The molecule has 0 aromatic rings. The van der Waals surface area contributed by atoms with E-state index in [1.807, 2.05) is 6.92 Å². The van der Waals surface area contributed by atoms with Gasteiger partial charge in [-0.3, -0.25) is 9.69 Å². The third kappa shape index (κ3) is 3.60. The van der Waals surface area contributed by atoms with Crippen molar-refractivity contribution in [1.82, 2.24) is 9.80 Å². The Labute approximate surface area is 89.7 Å². The van der Waals surface area contributed by atoms with E-state index in [0.29, 0.717) is 13.1 Å². The Morgan fingerprint density at radius 3 is 2.47 bits per heavy atom. The molecule has 1 aliphatic heterocycles. The van der Waals surface area contributed by atoms with Crippen molar-refractivity contribution in [3.8, 4) is 0 Å². The summed E-state index contributed by atoms with van der Waals surface area (Å²) in [5, 5.41) is 8.69. The zero-order chi connectivity index (χ0) is 11.3. The van der Waals surface area contributed by atoms with Gasteiger partial charge in [-0.15, -0.1) is 0 Å². The molecule has 0 saturated carbocycles. The first-order chi connectivity index (χ1) is 7.17. The van der Waals surface area contributed by atoms with Gasteiger partial charge in [0.15, 0.2) is 0 Å². The molecule has 5 heteroatoms. The second-order valence-electron chi connectivity index (χ2n) is 3.95. The van der Waals surface area contributed by atoms with Gasteiger partial charge in [0.1, 0.15) is 12.9 Å². The highest BCUT2D eigenvalue weighted by Gasteiger charge is 2.20. The Balaban J connectivity index is 2.29. The second kappa shape index (κ2) is 5.82. The molecule has 1 aliphatic rings. The lowest BCUT2D eigenvalue weighted by atomic mass is 10.2. The minimum absolute atomic E-state index is 0.0464. The fourth-order valence-electron chi connectivity index (χ4n) is 1.73. The number of carbonyl (C=O) groups excluding carboxylic acids is 2. The van der Waals surface area contributed by atoms with E-state index in [1.165, 1.54) is 0 Å². The van der Waals surface area contributed by atoms with Crippen molar-refractivity contribution in [2.24, 2.45) is 5.92 Å². The van der Waals surface area contributed by atoms with Crippen LogP contribution in [0.1, 0.15) is 6.92 Å². The first kappa shape index (κ1) is 12.1. The topological polar surface area (TPSA) is 60.9 Å². The molecule has 1 rings (SSSR count). The Hall–Kier alpha value is -0.940. The molecular weight excluding hydrogens is 196 g/mol. The zero-order valence-corrected chi connectivity index (χ0v) is 9.06. The predicted molar refractivity (Wildman–Crippen MR) is 55.3 cm³/mol. The maximum atomic E-state index is 11.2. The maximum absolute atomic E-state index is 11.2. The van der Waals surface area contributed by atoms with Gasteiger partial charge >= 0.3 is 0 Å². The summed E-state index contributed by atoms with van der Waals surface area (Å²) < 4.78 is 0. The van der Waals surface area contributed by atoms with Crippen LogP contribution in [-0.2, 0) is 9.59 Å². The van der Waals surface area contributed by atoms with Gasteiger partial charge in [0, 0.05) is 38.6 Å². The lowest BCUT2D eigenvalue weighted by molar-refractivity contribution is -0.136. The van der Waals surface area contributed by atoms with Crippen molar-refractivity contribution in [1.29, 1.82) is 0 Å². The number of aldehydes is 1. The molecule has 0 radical (unpaired) electrons. The Morgan fingerprint density at radius 1 is 1.40 bits per heavy atom. The molecule has 0 aromatic heterocycles. The summed E-state index contributed by atoms with van der Waals surface area (Å²) in [6.45, 7) is 5.08. The third-order valence-electron chi connectivity index (χ3n) is 2.64. The lowest BCUT2D eigenvalue weighted by Gasteiger charge is -2.35. The minimum atomic E-state index is -0.412. The summed E-state index contributed by atoms with van der Waals surface area (Å²) in [6, 6.07) is 0. The molecule has 15 heavy (non-hydrogen) atoms. The molecule has 0 spiro atoms. The Kier molecular flexibility index (Phi) is 4.71. The molecule has 0 aliphatic carbocycles. The molecule has 0 aromatic carbocycles. The van der Waals surface area contributed by atoms with Gasteiger partial charge in [-0.1, -0.05) is 6.92 Å². The van der Waals surface area contributed by atoms with Crippen molar-refractivity contribution < 1.29 is 14.7 Å². The van der Waals surface area contributed by atoms with Gasteiger partial charge in [-0.25, -0.2) is 0 Å². The number of nitrogens with zero attached hydrogens (tertiary/aromatic N) is 2. The molecule has 86 valence electrons. The van der Waals surface area contributed by atoms with Crippen molar-refractivity contribution in [2.75, 3.05) is 39.3 Å². The number of hydrogen-bond donors (Lipinski definition) is 1. The van der Waals surface area contributed by atoms with Crippen LogP contribution in [0.15, 0.2) is 0 Å². The number of hydrogen-bond acceptors (Lipinski definition) is 4. The van der Waals surface area contributed by atoms with E-state index in [-0.39, 0.29) is 11.8 Å². The van der Waals surface area contributed by atoms with Crippen molar-refractivity contribution in [2.45, 2.75) is 6.92 Å². The van der Waals surface area contributed by atoms with Crippen molar-refractivity contribution >= 4 is 12.2 Å². The standard InChI is InChI=1S/C10H18N2O3/c1-9(7-13)6-11-2-4-12(5-3-11)10(15)8-14/h7,9,14H,2-6,8H2,1H3. The number of carbonyl (C=O) groups is 2. The summed E-state index contributed by atoms with van der Waals surface area (Å²) >= 11 is 0. The average molecular weight is 214 g/mol. The minimum Gasteiger partial charge on any atom is -0.387 e. The highest BCUT2D eigenvalue weighted by Crippen LogP contribution is 2.04. The molecular formula is C10H18N2O3. The molecule has 1 N–H and O–H groups in total. The van der Waals surface area contributed by atoms with E-state index in [1.54, 1.807) is 4.90 Å². The van der Waals surface area contributed by atoms with Crippen LogP contribution in [0.25, 0.3) is 0 Å². The number of aliphatic hydroxyl groups is 1. The van der Waals surface area contributed by atoms with Gasteiger partial charge in [0.05, 0.1) is 0 Å². The monoisotopic (exact) mass is 214 g/mol. The number of aliphatic hydroxyl groups excluding tert-OH is 1. The fraction of sp³-hybridized carbons (Fsp3) is 0.800. The predicted octanol–water partition coefficient (Wildman–Crippen LogP) is -1.04. The first-order valence-electron chi connectivity index (χ1n) is 5.23. The Morgan fingerprint density at radius 2 is 2.00 bits per heavy atom. The molecule has 1 amide bonds. The highest BCUT2D eigenvalue weighted by atomic mass is 16.3. The number of piperazine rings is 1. The van der Waals surface area contributed by atoms with Crippen LogP contribution in [0.2, 0.25) is 0 Å². The van der Waals surface area contributed by atoms with E-state index in [2.05, 4.69) is 4.90 Å². The molecule has 5 nitrogen and oxygen atoms in total. The van der Waals surface area contributed by atoms with Gasteiger partial charge in [-0.2, -0.15) is 0 Å². The molecule has 1 unspecified atom stereocenters. The van der Waals surface area contributed by atoms with E-state index in [9.17, 15) is 9.59 Å². The normalized spacial score (nSPS) is 20.0. The van der Waals surface area contributed by atoms with E-state index >= 15 is 0 Å². The van der Waals surface area contributed by atoms with Gasteiger partial charge in [0.25, 0.3) is 0 Å². The smallest absolute Gasteiger partial charge is 0.248 e. The first-order valence-corrected chi connectivity index (χ1v) is 5.23. The fourth-order valence-corrected chi connectivity index (χ4v) is 1.73. The average Bonchev–Trinajstić information content (AvgIpc) is 2.29. The summed E-state index contributed by atoms with van der Waals surface area (Å²) in [4.78, 5) is 25.4. The van der Waals surface area contributed by atoms with Crippen LogP contribution >= 0.6 is 0 Å². The van der Waals surface area contributed by atoms with Crippen LogP contribution in [0, 0.1) is 5.92 Å². The van der Waals surface area contributed by atoms with Crippen molar-refractivity contribution in [3.63, 3.8) is 0 Å². The summed E-state index contributed by atoms with van der Waals surface area (Å²) in [5.74, 6) is -0.164. The molecule has 1 atom stereocenters. The van der Waals surface area contributed by atoms with E-state index in [0.717, 1.165) is 25.9 Å². The summed E-state index contributed by atoms with van der Waals surface area (Å²) in [7, 11) is 0. The SMILES string of the molecule is CC(C=O)CN1CCN(C(=O)CO)CC1. The van der Waals surface area contributed by atoms with Gasteiger partial charge < -0.3 is 14.8 Å². The van der Waals surface area contributed by atoms with Crippen LogP contribution in [0.5, 0.6) is 0 Å². The lowest BCUT2D eigenvalue weighted by Crippen LogP contribution is -2.50. The zero-order valence-electron chi connectivity index (χ0n) is 9.06. The number of amides is 1.